The molecule has 12 heteroatoms. The summed E-state index contributed by atoms with van der Waals surface area (Å²) in [7, 11) is 0. The Morgan fingerprint density at radius 2 is 1.47 bits per heavy atom. The molecule has 0 radical (unpaired) electrons. The summed E-state index contributed by atoms with van der Waals surface area (Å²) in [5.74, 6) is -7.21. The molecule has 0 bridgehead atoms. The molecular formula is C24H24F3N3O6. The van der Waals surface area contributed by atoms with Gasteiger partial charge in [-0.1, -0.05) is 0 Å². The predicted octanol–water partition coefficient (Wildman–Crippen LogP) is 2.13. The number of piperazine rings is 1. The molecule has 1 aliphatic rings. The topological polar surface area (TPSA) is 141 Å². The molecule has 0 saturated carbocycles. The first-order chi connectivity index (χ1) is 16.9. The molecular weight excluding hydrogens is 483 g/mol. The van der Waals surface area contributed by atoms with Crippen molar-refractivity contribution < 1.29 is 42.6 Å². The fraction of sp³-hybridized carbons (Fsp3) is 0.333. The summed E-state index contributed by atoms with van der Waals surface area (Å²) in [6, 6.07) is 2.95. The maximum atomic E-state index is 13.9. The number of amides is 2. The van der Waals surface area contributed by atoms with E-state index < -0.39 is 47.4 Å². The first-order valence-electron chi connectivity index (χ1n) is 11.0. The van der Waals surface area contributed by atoms with Crippen LogP contribution in [0.4, 0.5) is 13.2 Å². The summed E-state index contributed by atoms with van der Waals surface area (Å²) in [6.07, 6.45) is -0.382. The predicted molar refractivity (Wildman–Crippen MR) is 120 cm³/mol. The van der Waals surface area contributed by atoms with Crippen molar-refractivity contribution in [3.8, 4) is 0 Å². The zero-order valence-electron chi connectivity index (χ0n) is 19.2. The molecule has 0 aliphatic carbocycles. The molecule has 2 aromatic carbocycles. The highest BCUT2D eigenvalue weighted by Gasteiger charge is 2.31. The second-order valence-corrected chi connectivity index (χ2v) is 8.62. The van der Waals surface area contributed by atoms with E-state index in [4.69, 9.17) is 5.73 Å². The van der Waals surface area contributed by atoms with Crippen LogP contribution in [0.1, 0.15) is 50.0 Å². The van der Waals surface area contributed by atoms with E-state index in [9.17, 15) is 42.6 Å². The van der Waals surface area contributed by atoms with Crippen LogP contribution in [0.15, 0.2) is 30.3 Å². The third kappa shape index (κ3) is 6.00. The Bertz CT molecular complexity index is 1190. The van der Waals surface area contributed by atoms with Crippen LogP contribution in [-0.2, 0) is 11.2 Å². The van der Waals surface area contributed by atoms with Crippen molar-refractivity contribution in [3.63, 3.8) is 0 Å². The normalized spacial score (nSPS) is 16.5. The molecule has 2 atom stereocenters. The summed E-state index contributed by atoms with van der Waals surface area (Å²) < 4.78 is 40.4. The zero-order chi connectivity index (χ0) is 26.7. The van der Waals surface area contributed by atoms with Crippen LogP contribution in [0.5, 0.6) is 0 Å². The number of hydrogen-bond acceptors (Lipinski definition) is 5. The third-order valence-corrected chi connectivity index (χ3v) is 5.92. The summed E-state index contributed by atoms with van der Waals surface area (Å²) in [4.78, 5) is 51.3. The van der Waals surface area contributed by atoms with Gasteiger partial charge in [0, 0.05) is 49.8 Å². The first kappa shape index (κ1) is 26.7. The van der Waals surface area contributed by atoms with Gasteiger partial charge in [-0.3, -0.25) is 9.59 Å². The van der Waals surface area contributed by atoms with Gasteiger partial charge in [0.05, 0.1) is 11.1 Å². The lowest BCUT2D eigenvalue weighted by atomic mass is 10.0. The second kappa shape index (κ2) is 10.8. The molecule has 1 heterocycles. The highest BCUT2D eigenvalue weighted by molar-refractivity contribution is 6.01. The fourth-order valence-corrected chi connectivity index (χ4v) is 4.11. The summed E-state index contributed by atoms with van der Waals surface area (Å²) >= 11 is 0. The largest absolute Gasteiger partial charge is 0.478 e. The van der Waals surface area contributed by atoms with Crippen LogP contribution in [0.25, 0.3) is 0 Å². The smallest absolute Gasteiger partial charge is 0.335 e. The summed E-state index contributed by atoms with van der Waals surface area (Å²) in [6.45, 7) is 2.01. The molecule has 2 aromatic rings. The van der Waals surface area contributed by atoms with Gasteiger partial charge in [-0.05, 0) is 43.2 Å². The summed E-state index contributed by atoms with van der Waals surface area (Å²) in [5, 5.41) is 18.4. The molecule has 0 aromatic heterocycles. The molecule has 1 aliphatic heterocycles. The number of aromatic carboxylic acids is 2. The SMILES string of the molecule is C[C@@H]1CN(C(=O)c2cc(C(=O)O)cc(C(=O)O)c2)CCN1C(=O)C[C@H](N)Cc1cc(F)c(F)cc1F. The average Bonchev–Trinajstić information content (AvgIpc) is 2.81. The molecule has 3 rings (SSSR count). The van der Waals surface area contributed by atoms with Gasteiger partial charge in [0.1, 0.15) is 5.82 Å². The van der Waals surface area contributed by atoms with Gasteiger partial charge < -0.3 is 25.7 Å². The lowest BCUT2D eigenvalue weighted by Crippen LogP contribution is -2.56. The van der Waals surface area contributed by atoms with Gasteiger partial charge in [0.2, 0.25) is 5.91 Å². The number of nitrogens with two attached hydrogens (primary N) is 1. The van der Waals surface area contributed by atoms with Crippen LogP contribution >= 0.6 is 0 Å². The van der Waals surface area contributed by atoms with Crippen LogP contribution < -0.4 is 5.73 Å². The lowest BCUT2D eigenvalue weighted by Gasteiger charge is -2.40. The van der Waals surface area contributed by atoms with Crippen LogP contribution in [0.2, 0.25) is 0 Å². The van der Waals surface area contributed by atoms with Gasteiger partial charge in [-0.15, -0.1) is 0 Å². The molecule has 1 fully saturated rings. The van der Waals surface area contributed by atoms with E-state index in [1.54, 1.807) is 6.92 Å². The van der Waals surface area contributed by atoms with E-state index in [0.29, 0.717) is 12.1 Å². The van der Waals surface area contributed by atoms with Crippen molar-refractivity contribution in [1.29, 1.82) is 0 Å². The Morgan fingerprint density at radius 1 is 0.917 bits per heavy atom. The standard InChI is InChI=1S/C24H24F3N3O6/c1-12-11-29(22(32)14-4-15(23(33)34)6-16(5-14)24(35)36)2-3-30(12)21(31)9-17(28)7-13-8-19(26)20(27)10-18(13)25/h4-6,8,10,12,17H,2-3,7,9,11,28H2,1H3,(H,33,34)(H,35,36)/t12-,17-/m1/s1. The van der Waals surface area contributed by atoms with E-state index >= 15 is 0 Å². The lowest BCUT2D eigenvalue weighted by molar-refractivity contribution is -0.135. The molecule has 2 amide bonds. The Balaban J connectivity index is 1.64. The highest BCUT2D eigenvalue weighted by atomic mass is 19.2. The van der Waals surface area contributed by atoms with Crippen LogP contribution in [0, 0.1) is 17.5 Å². The number of nitrogens with zero attached hydrogens (tertiary/aromatic N) is 2. The molecule has 4 N–H and O–H groups in total. The van der Waals surface area contributed by atoms with Crippen molar-refractivity contribution >= 4 is 23.8 Å². The average molecular weight is 507 g/mol. The minimum Gasteiger partial charge on any atom is -0.478 e. The van der Waals surface area contributed by atoms with Crippen molar-refractivity contribution in [2.45, 2.75) is 31.8 Å². The number of carboxylic acid groups (broad SMARTS) is 2. The van der Waals surface area contributed by atoms with Gasteiger partial charge in [0.15, 0.2) is 11.6 Å². The third-order valence-electron chi connectivity index (χ3n) is 5.92. The monoisotopic (exact) mass is 507 g/mol. The maximum absolute atomic E-state index is 13.9. The first-order valence-corrected chi connectivity index (χ1v) is 11.0. The minimum atomic E-state index is -1.38. The van der Waals surface area contributed by atoms with E-state index in [2.05, 4.69) is 0 Å². The van der Waals surface area contributed by atoms with Gasteiger partial charge in [-0.25, -0.2) is 22.8 Å². The molecule has 192 valence electrons. The van der Waals surface area contributed by atoms with Gasteiger partial charge >= 0.3 is 11.9 Å². The fourth-order valence-electron chi connectivity index (χ4n) is 4.11. The maximum Gasteiger partial charge on any atom is 0.335 e. The second-order valence-electron chi connectivity index (χ2n) is 8.62. The van der Waals surface area contributed by atoms with Crippen LogP contribution in [0.3, 0.4) is 0 Å². The molecule has 0 spiro atoms. The number of hydrogen-bond donors (Lipinski definition) is 3. The zero-order valence-corrected chi connectivity index (χ0v) is 19.2. The Hall–Kier alpha value is -3.93. The van der Waals surface area contributed by atoms with E-state index in [-0.39, 0.29) is 60.6 Å². The number of rotatable bonds is 7. The molecule has 9 nitrogen and oxygen atoms in total. The van der Waals surface area contributed by atoms with E-state index in [1.165, 1.54) is 9.80 Å². The molecule has 0 unspecified atom stereocenters. The highest BCUT2D eigenvalue weighted by Crippen LogP contribution is 2.19. The van der Waals surface area contributed by atoms with Crippen molar-refractivity contribution in [2.24, 2.45) is 5.73 Å². The number of carboxylic acids is 2. The van der Waals surface area contributed by atoms with E-state index in [0.717, 1.165) is 18.2 Å². The summed E-state index contributed by atoms with van der Waals surface area (Å²) in [5.41, 5.74) is 5.02. The number of halogens is 3. The quantitative estimate of drug-likeness (QED) is 0.488. The van der Waals surface area contributed by atoms with Crippen molar-refractivity contribution in [2.75, 3.05) is 19.6 Å². The molecule has 36 heavy (non-hydrogen) atoms. The minimum absolute atomic E-state index is 0.0946. The Kier molecular flexibility index (Phi) is 7.98. The van der Waals surface area contributed by atoms with Gasteiger partial charge in [0.25, 0.3) is 5.91 Å². The van der Waals surface area contributed by atoms with E-state index in [1.807, 2.05) is 0 Å². The van der Waals surface area contributed by atoms with Crippen molar-refractivity contribution in [3.05, 3.63) is 70.0 Å². The molecule has 1 saturated heterocycles. The van der Waals surface area contributed by atoms with Crippen molar-refractivity contribution in [1.82, 2.24) is 9.80 Å². The van der Waals surface area contributed by atoms with Gasteiger partial charge in [-0.2, -0.15) is 0 Å². The van der Waals surface area contributed by atoms with Crippen LogP contribution in [-0.4, -0.2) is 75.5 Å². The Morgan fingerprint density at radius 3 is 2.03 bits per heavy atom. The Labute approximate surface area is 203 Å². The number of carbonyl (C=O) groups excluding carboxylic acids is 2. The number of carbonyl (C=O) groups is 4. The number of benzene rings is 2.